The van der Waals surface area contributed by atoms with Crippen LogP contribution in [0.1, 0.15) is 19.4 Å². The van der Waals surface area contributed by atoms with Crippen molar-refractivity contribution in [2.45, 2.75) is 25.8 Å². The summed E-state index contributed by atoms with van der Waals surface area (Å²) in [5.41, 5.74) is 0.264. The first-order valence-electron chi connectivity index (χ1n) is 6.71. The van der Waals surface area contributed by atoms with Gasteiger partial charge in [0, 0.05) is 29.6 Å². The Morgan fingerprint density at radius 2 is 1.95 bits per heavy atom. The Hall–Kier alpha value is -0.610. The maximum atomic E-state index is 12.6. The molecule has 0 amide bonds. The van der Waals surface area contributed by atoms with E-state index in [2.05, 4.69) is 4.90 Å². The average Bonchev–Trinajstić information content (AvgIpc) is 2.43. The third kappa shape index (κ3) is 3.53. The summed E-state index contributed by atoms with van der Waals surface area (Å²) in [7, 11) is 0. The van der Waals surface area contributed by atoms with Crippen molar-refractivity contribution in [2.24, 2.45) is 0 Å². The smallest absolute Gasteiger partial charge is 0.156 e. The number of hydrogen-bond acceptors (Lipinski definition) is 3. The first-order valence-corrected chi connectivity index (χ1v) is 7.47. The van der Waals surface area contributed by atoms with Crippen LogP contribution < -0.4 is 0 Å². The lowest BCUT2D eigenvalue weighted by atomic mass is 9.91. The SMILES string of the molecule is CC(C)(C(=O)Cc1cc(Cl)ccc1Cl)N1CCOCC1. The second-order valence-corrected chi connectivity index (χ2v) is 6.34. The van der Waals surface area contributed by atoms with Gasteiger partial charge in [-0.2, -0.15) is 0 Å². The van der Waals surface area contributed by atoms with Gasteiger partial charge in [0.05, 0.1) is 18.8 Å². The summed E-state index contributed by atoms with van der Waals surface area (Å²) in [5.74, 6) is 0.142. The molecule has 1 heterocycles. The molecule has 110 valence electrons. The molecular formula is C15H19Cl2NO2. The first kappa shape index (κ1) is 15.8. The van der Waals surface area contributed by atoms with Crippen molar-refractivity contribution in [1.29, 1.82) is 0 Å². The van der Waals surface area contributed by atoms with Crippen molar-refractivity contribution in [1.82, 2.24) is 4.90 Å². The fourth-order valence-electron chi connectivity index (χ4n) is 2.37. The molecule has 20 heavy (non-hydrogen) atoms. The zero-order chi connectivity index (χ0) is 14.8. The molecule has 1 aromatic rings. The number of morpholine rings is 1. The summed E-state index contributed by atoms with van der Waals surface area (Å²) >= 11 is 12.1. The van der Waals surface area contributed by atoms with E-state index in [1.165, 1.54) is 0 Å². The van der Waals surface area contributed by atoms with E-state index in [4.69, 9.17) is 27.9 Å². The Morgan fingerprint density at radius 3 is 2.60 bits per heavy atom. The van der Waals surface area contributed by atoms with Gasteiger partial charge in [0.2, 0.25) is 0 Å². The summed E-state index contributed by atoms with van der Waals surface area (Å²) in [4.78, 5) is 14.8. The zero-order valence-corrected chi connectivity index (χ0v) is 13.3. The highest BCUT2D eigenvalue weighted by Gasteiger charge is 2.35. The van der Waals surface area contributed by atoms with Gasteiger partial charge in [-0.3, -0.25) is 9.69 Å². The van der Waals surface area contributed by atoms with Crippen LogP contribution in [-0.2, 0) is 16.0 Å². The van der Waals surface area contributed by atoms with Crippen LogP contribution in [0.25, 0.3) is 0 Å². The standard InChI is InChI=1S/C15H19Cl2NO2/c1-15(2,18-5-7-20-8-6-18)14(19)10-11-9-12(16)3-4-13(11)17/h3-4,9H,5-8,10H2,1-2H3. The van der Waals surface area contributed by atoms with Crippen LogP contribution in [0.4, 0.5) is 0 Å². The second-order valence-electron chi connectivity index (χ2n) is 5.49. The van der Waals surface area contributed by atoms with E-state index >= 15 is 0 Å². The van der Waals surface area contributed by atoms with Crippen LogP contribution in [0.2, 0.25) is 10.0 Å². The molecule has 1 aliphatic heterocycles. The number of nitrogens with zero attached hydrogens (tertiary/aromatic N) is 1. The second kappa shape index (κ2) is 6.44. The molecule has 0 radical (unpaired) electrons. The monoisotopic (exact) mass is 315 g/mol. The number of carbonyl (C=O) groups is 1. The van der Waals surface area contributed by atoms with Gasteiger partial charge in [-0.05, 0) is 37.6 Å². The number of halogens is 2. The number of benzene rings is 1. The molecule has 3 nitrogen and oxygen atoms in total. The van der Waals surface area contributed by atoms with Gasteiger partial charge >= 0.3 is 0 Å². The molecule has 0 atom stereocenters. The normalized spacial score (nSPS) is 17.2. The van der Waals surface area contributed by atoms with Crippen molar-refractivity contribution in [2.75, 3.05) is 26.3 Å². The minimum atomic E-state index is -0.518. The van der Waals surface area contributed by atoms with Crippen molar-refractivity contribution >= 4 is 29.0 Å². The molecule has 5 heteroatoms. The highest BCUT2D eigenvalue weighted by Crippen LogP contribution is 2.25. The highest BCUT2D eigenvalue weighted by molar-refractivity contribution is 6.33. The van der Waals surface area contributed by atoms with Crippen molar-refractivity contribution in [3.8, 4) is 0 Å². The molecule has 0 spiro atoms. The Morgan fingerprint density at radius 1 is 1.30 bits per heavy atom. The molecule has 0 bridgehead atoms. The minimum Gasteiger partial charge on any atom is -0.379 e. The van der Waals surface area contributed by atoms with Gasteiger partial charge in [-0.25, -0.2) is 0 Å². The first-order chi connectivity index (χ1) is 9.41. The predicted molar refractivity (Wildman–Crippen MR) is 81.6 cm³/mol. The average molecular weight is 316 g/mol. The van der Waals surface area contributed by atoms with Crippen LogP contribution >= 0.6 is 23.2 Å². The summed E-state index contributed by atoms with van der Waals surface area (Å²) in [6, 6.07) is 5.22. The number of ether oxygens (including phenoxy) is 1. The van der Waals surface area contributed by atoms with Crippen LogP contribution in [0.15, 0.2) is 18.2 Å². The summed E-state index contributed by atoms with van der Waals surface area (Å²) < 4.78 is 5.34. The molecule has 1 saturated heterocycles. The topological polar surface area (TPSA) is 29.5 Å². The molecule has 1 aliphatic rings. The van der Waals surface area contributed by atoms with Crippen LogP contribution in [-0.4, -0.2) is 42.5 Å². The summed E-state index contributed by atoms with van der Waals surface area (Å²) in [5, 5.41) is 1.18. The van der Waals surface area contributed by atoms with E-state index in [0.29, 0.717) is 29.7 Å². The maximum absolute atomic E-state index is 12.6. The van der Waals surface area contributed by atoms with Crippen LogP contribution in [0.3, 0.4) is 0 Å². The van der Waals surface area contributed by atoms with E-state index in [-0.39, 0.29) is 5.78 Å². The van der Waals surface area contributed by atoms with Gasteiger partial charge in [0.25, 0.3) is 0 Å². The number of carbonyl (C=O) groups excluding carboxylic acids is 1. The lowest BCUT2D eigenvalue weighted by Crippen LogP contribution is -2.54. The Bertz CT molecular complexity index is 497. The molecule has 0 aromatic heterocycles. The van der Waals surface area contributed by atoms with Crippen molar-refractivity contribution in [3.05, 3.63) is 33.8 Å². The van der Waals surface area contributed by atoms with Crippen molar-refractivity contribution in [3.63, 3.8) is 0 Å². The lowest BCUT2D eigenvalue weighted by molar-refractivity contribution is -0.131. The molecule has 0 N–H and O–H groups in total. The fraction of sp³-hybridized carbons (Fsp3) is 0.533. The fourth-order valence-corrected chi connectivity index (χ4v) is 2.75. The van der Waals surface area contributed by atoms with E-state index in [9.17, 15) is 4.79 Å². The molecule has 0 unspecified atom stereocenters. The highest BCUT2D eigenvalue weighted by atomic mass is 35.5. The number of ketones is 1. The Balaban J connectivity index is 2.11. The van der Waals surface area contributed by atoms with E-state index in [0.717, 1.165) is 18.7 Å². The van der Waals surface area contributed by atoms with Crippen LogP contribution in [0.5, 0.6) is 0 Å². The predicted octanol–water partition coefficient (Wildman–Crippen LogP) is 3.22. The Kier molecular flexibility index (Phi) is 5.08. The summed E-state index contributed by atoms with van der Waals surface area (Å²) in [6.07, 6.45) is 0.295. The molecule has 2 rings (SSSR count). The Labute approximate surface area is 129 Å². The number of hydrogen-bond donors (Lipinski definition) is 0. The number of rotatable bonds is 4. The summed E-state index contributed by atoms with van der Waals surface area (Å²) in [6.45, 7) is 6.82. The van der Waals surface area contributed by atoms with Gasteiger partial charge < -0.3 is 4.74 Å². The maximum Gasteiger partial charge on any atom is 0.156 e. The van der Waals surface area contributed by atoms with Gasteiger partial charge in [-0.15, -0.1) is 0 Å². The molecule has 1 aromatic carbocycles. The number of Topliss-reactive ketones (excluding diaryl/α,β-unsaturated/α-hetero) is 1. The van der Waals surface area contributed by atoms with Crippen molar-refractivity contribution < 1.29 is 9.53 Å². The molecule has 0 saturated carbocycles. The quantitative estimate of drug-likeness (QED) is 0.854. The van der Waals surface area contributed by atoms with E-state index in [1.807, 2.05) is 13.8 Å². The van der Waals surface area contributed by atoms with Gasteiger partial charge in [-0.1, -0.05) is 23.2 Å². The minimum absolute atomic E-state index is 0.142. The van der Waals surface area contributed by atoms with Crippen LogP contribution in [0, 0.1) is 0 Å². The largest absolute Gasteiger partial charge is 0.379 e. The van der Waals surface area contributed by atoms with E-state index in [1.54, 1.807) is 18.2 Å². The van der Waals surface area contributed by atoms with E-state index < -0.39 is 5.54 Å². The third-order valence-electron chi connectivity index (χ3n) is 3.84. The molecular weight excluding hydrogens is 297 g/mol. The zero-order valence-electron chi connectivity index (χ0n) is 11.8. The lowest BCUT2D eigenvalue weighted by Gasteiger charge is -2.39. The van der Waals surface area contributed by atoms with Gasteiger partial charge in [0.15, 0.2) is 5.78 Å². The third-order valence-corrected chi connectivity index (χ3v) is 4.45. The molecule has 1 fully saturated rings. The van der Waals surface area contributed by atoms with Gasteiger partial charge in [0.1, 0.15) is 0 Å². The molecule has 0 aliphatic carbocycles.